The van der Waals surface area contributed by atoms with E-state index < -0.39 is 18.0 Å². The van der Waals surface area contributed by atoms with Gasteiger partial charge >= 0.3 is 6.03 Å². The van der Waals surface area contributed by atoms with Crippen molar-refractivity contribution in [3.05, 3.63) is 23.3 Å². The molecule has 2 aliphatic heterocycles. The minimum Gasteiger partial charge on any atom is -0.371 e. The number of carbonyl (C=O) groups excluding carboxylic acids is 2. The number of nitrogens with two attached hydrogens (primary N) is 1. The van der Waals surface area contributed by atoms with Crippen molar-refractivity contribution in [2.75, 3.05) is 23.4 Å². The Morgan fingerprint density at radius 2 is 1.96 bits per heavy atom. The molecule has 2 heterocycles. The highest BCUT2D eigenvalue weighted by atomic mass is 19.3. The van der Waals surface area contributed by atoms with Gasteiger partial charge in [0.1, 0.15) is 5.54 Å². The number of nitrogens with one attached hydrogen (secondary N) is 3. The molecule has 9 heteroatoms. The summed E-state index contributed by atoms with van der Waals surface area (Å²) in [7, 11) is 0. The van der Waals surface area contributed by atoms with Gasteiger partial charge in [-0.15, -0.1) is 0 Å². The van der Waals surface area contributed by atoms with E-state index in [4.69, 9.17) is 5.84 Å². The predicted molar refractivity (Wildman–Crippen MR) is 84.8 cm³/mol. The smallest absolute Gasteiger partial charge is 0.322 e. The van der Waals surface area contributed by atoms with Crippen molar-refractivity contribution in [3.8, 4) is 0 Å². The third-order valence-corrected chi connectivity index (χ3v) is 4.78. The molecule has 0 bridgehead atoms. The van der Waals surface area contributed by atoms with E-state index in [0.717, 1.165) is 5.56 Å². The van der Waals surface area contributed by atoms with Crippen molar-refractivity contribution >= 4 is 23.3 Å². The molecule has 1 aromatic rings. The molecule has 130 valence electrons. The Hall–Kier alpha value is -2.42. The van der Waals surface area contributed by atoms with E-state index in [9.17, 15) is 18.4 Å². The highest BCUT2D eigenvalue weighted by Crippen LogP contribution is 2.36. The van der Waals surface area contributed by atoms with Gasteiger partial charge < -0.3 is 15.6 Å². The summed E-state index contributed by atoms with van der Waals surface area (Å²) in [6.07, 6.45) is -1.78. The fraction of sp³-hybridized carbons (Fsp3) is 0.467. The van der Waals surface area contributed by atoms with E-state index in [1.807, 2.05) is 4.90 Å². The second kappa shape index (κ2) is 5.90. The maximum atomic E-state index is 13.1. The number of nitrogens with zero attached hydrogens (tertiary/aromatic N) is 1. The van der Waals surface area contributed by atoms with Gasteiger partial charge in [-0.25, -0.2) is 13.6 Å². The summed E-state index contributed by atoms with van der Waals surface area (Å²) >= 11 is 0. The van der Waals surface area contributed by atoms with Crippen LogP contribution in [0.5, 0.6) is 0 Å². The summed E-state index contributed by atoms with van der Waals surface area (Å²) in [5.41, 5.74) is 3.30. The average Bonchev–Trinajstić information content (AvgIpc) is 2.82. The quantitative estimate of drug-likeness (QED) is 0.379. The lowest BCUT2D eigenvalue weighted by molar-refractivity contribution is -0.124. The van der Waals surface area contributed by atoms with Crippen LogP contribution in [-0.2, 0) is 4.79 Å². The van der Waals surface area contributed by atoms with Crippen molar-refractivity contribution in [1.82, 2.24) is 10.6 Å². The molecule has 3 rings (SSSR count). The average molecular weight is 339 g/mol. The number of hydrogen-bond acceptors (Lipinski definition) is 5. The van der Waals surface area contributed by atoms with Crippen LogP contribution in [0.15, 0.2) is 12.1 Å². The van der Waals surface area contributed by atoms with Crippen molar-refractivity contribution in [1.29, 1.82) is 0 Å². The van der Waals surface area contributed by atoms with Gasteiger partial charge in [0.25, 0.3) is 12.3 Å². The zero-order valence-electron chi connectivity index (χ0n) is 13.2. The largest absolute Gasteiger partial charge is 0.371 e. The first-order chi connectivity index (χ1) is 11.4. The molecular formula is C15H19F2N5O2. The number of hydrogen-bond donors (Lipinski definition) is 4. The molecule has 0 atom stereocenters. The van der Waals surface area contributed by atoms with E-state index in [2.05, 4.69) is 16.1 Å². The van der Waals surface area contributed by atoms with E-state index in [1.54, 1.807) is 6.92 Å². The number of benzene rings is 1. The second-order valence-electron chi connectivity index (χ2n) is 6.14. The van der Waals surface area contributed by atoms with Crippen LogP contribution in [0.25, 0.3) is 0 Å². The molecule has 1 aromatic carbocycles. The summed E-state index contributed by atoms with van der Waals surface area (Å²) < 4.78 is 26.2. The SMILES string of the molecule is Cc1c(NN)cc(C(F)F)cc1N1CCC2(CC1)NC(=O)NC2=O. The molecule has 5 N–H and O–H groups in total. The number of urea groups is 1. The number of anilines is 2. The van der Waals surface area contributed by atoms with Gasteiger partial charge in [-0.2, -0.15) is 0 Å². The molecule has 2 fully saturated rings. The van der Waals surface area contributed by atoms with Crippen LogP contribution in [-0.4, -0.2) is 30.6 Å². The monoisotopic (exact) mass is 339 g/mol. The minimum absolute atomic E-state index is 0.115. The molecule has 2 saturated heterocycles. The Bertz CT molecular complexity index is 687. The first-order valence-electron chi connectivity index (χ1n) is 7.64. The first kappa shape index (κ1) is 16.4. The number of amides is 3. The lowest BCUT2D eigenvalue weighted by Gasteiger charge is -2.39. The van der Waals surface area contributed by atoms with E-state index in [-0.39, 0.29) is 11.5 Å². The highest BCUT2D eigenvalue weighted by Gasteiger charge is 2.48. The zero-order valence-corrected chi connectivity index (χ0v) is 13.2. The molecule has 3 amide bonds. The second-order valence-corrected chi connectivity index (χ2v) is 6.14. The van der Waals surface area contributed by atoms with Gasteiger partial charge in [-0.05, 0) is 37.5 Å². The Morgan fingerprint density at radius 3 is 2.46 bits per heavy atom. The van der Waals surface area contributed by atoms with Crippen LogP contribution >= 0.6 is 0 Å². The van der Waals surface area contributed by atoms with Crippen LogP contribution in [0.4, 0.5) is 25.0 Å². The van der Waals surface area contributed by atoms with Crippen molar-refractivity contribution in [2.45, 2.75) is 31.7 Å². The van der Waals surface area contributed by atoms with Crippen LogP contribution in [0.3, 0.4) is 0 Å². The Labute approximate surface area is 137 Å². The van der Waals surface area contributed by atoms with Gasteiger partial charge in [0.2, 0.25) is 0 Å². The normalized spacial score (nSPS) is 19.6. The van der Waals surface area contributed by atoms with Gasteiger partial charge in [0.05, 0.1) is 5.69 Å². The number of hydrazine groups is 1. The van der Waals surface area contributed by atoms with Gasteiger partial charge in [-0.3, -0.25) is 16.0 Å². The van der Waals surface area contributed by atoms with Gasteiger partial charge in [-0.1, -0.05) is 0 Å². The number of imide groups is 1. The number of halogens is 2. The first-order valence-corrected chi connectivity index (χ1v) is 7.64. The van der Waals surface area contributed by atoms with Crippen molar-refractivity contribution in [3.63, 3.8) is 0 Å². The summed E-state index contributed by atoms with van der Waals surface area (Å²) in [6, 6.07) is 2.30. The van der Waals surface area contributed by atoms with Crippen LogP contribution < -0.4 is 26.8 Å². The molecule has 1 spiro atoms. The number of carbonyl (C=O) groups is 2. The molecule has 0 aromatic heterocycles. The Kier molecular flexibility index (Phi) is 4.04. The van der Waals surface area contributed by atoms with Gasteiger partial charge in [0.15, 0.2) is 0 Å². The molecular weight excluding hydrogens is 320 g/mol. The minimum atomic E-state index is -2.60. The van der Waals surface area contributed by atoms with Crippen LogP contribution in [0.1, 0.15) is 30.4 Å². The third-order valence-electron chi connectivity index (χ3n) is 4.78. The summed E-state index contributed by atoms with van der Waals surface area (Å²) in [4.78, 5) is 25.3. The van der Waals surface area contributed by atoms with E-state index in [0.29, 0.717) is 37.3 Å². The van der Waals surface area contributed by atoms with Crippen molar-refractivity contribution < 1.29 is 18.4 Å². The fourth-order valence-electron chi connectivity index (χ4n) is 3.33. The lowest BCUT2D eigenvalue weighted by atomic mass is 9.87. The summed E-state index contributed by atoms with van der Waals surface area (Å²) in [6.45, 7) is 2.73. The Balaban J connectivity index is 1.85. The number of nitrogen functional groups attached to an aromatic ring is 1. The number of alkyl halides is 2. The van der Waals surface area contributed by atoms with Crippen molar-refractivity contribution in [2.24, 2.45) is 5.84 Å². The molecule has 2 aliphatic rings. The number of rotatable bonds is 3. The summed E-state index contributed by atoms with van der Waals surface area (Å²) in [5.74, 6) is 5.11. The maximum absolute atomic E-state index is 13.1. The molecule has 7 nitrogen and oxygen atoms in total. The van der Waals surface area contributed by atoms with Crippen LogP contribution in [0.2, 0.25) is 0 Å². The lowest BCUT2D eigenvalue weighted by Crippen LogP contribution is -2.55. The topological polar surface area (TPSA) is 99.5 Å². The third kappa shape index (κ3) is 2.64. The maximum Gasteiger partial charge on any atom is 0.322 e. The molecule has 0 aliphatic carbocycles. The highest BCUT2D eigenvalue weighted by molar-refractivity contribution is 6.07. The van der Waals surface area contributed by atoms with Crippen LogP contribution in [0, 0.1) is 6.92 Å². The Morgan fingerprint density at radius 1 is 1.29 bits per heavy atom. The molecule has 24 heavy (non-hydrogen) atoms. The number of piperidine rings is 1. The van der Waals surface area contributed by atoms with Gasteiger partial charge in [0, 0.05) is 24.3 Å². The van der Waals surface area contributed by atoms with E-state index >= 15 is 0 Å². The summed E-state index contributed by atoms with van der Waals surface area (Å²) in [5, 5.41) is 4.93. The molecule has 0 radical (unpaired) electrons. The predicted octanol–water partition coefficient (Wildman–Crippen LogP) is 1.40. The standard InChI is InChI=1S/C15H19F2N5O2/c1-8-10(21-18)6-9(12(16)17)7-11(8)22-4-2-15(3-5-22)13(23)19-14(24)20-15/h6-7,12,21H,2-5,18H2,1H3,(H2,19,20,23,24). The van der Waals surface area contributed by atoms with E-state index in [1.165, 1.54) is 12.1 Å². The molecule has 0 unspecified atom stereocenters. The zero-order chi connectivity index (χ0) is 17.5. The fourth-order valence-corrected chi connectivity index (χ4v) is 3.33. The molecule has 0 saturated carbocycles.